The van der Waals surface area contributed by atoms with E-state index in [0.29, 0.717) is 17.1 Å². The topological polar surface area (TPSA) is 102 Å². The van der Waals surface area contributed by atoms with Crippen LogP contribution in [0.25, 0.3) is 0 Å². The summed E-state index contributed by atoms with van der Waals surface area (Å²) in [6.45, 7) is -0.230. The monoisotopic (exact) mass is 331 g/mol. The molecule has 8 nitrogen and oxygen atoms in total. The summed E-state index contributed by atoms with van der Waals surface area (Å²) in [6, 6.07) is 8.28. The molecular weight excluding hydrogens is 314 g/mol. The SMILES string of the molecule is COc1ccc(OC)c(/C=N\NC(=O)CNC(=O)c2ccco2)c1. The van der Waals surface area contributed by atoms with Gasteiger partial charge in [0.05, 0.1) is 33.2 Å². The van der Waals surface area contributed by atoms with Crippen LogP contribution in [0.3, 0.4) is 0 Å². The summed E-state index contributed by atoms with van der Waals surface area (Å²) >= 11 is 0. The first kappa shape index (κ1) is 17.1. The molecule has 0 spiro atoms. The Morgan fingerprint density at radius 3 is 2.75 bits per heavy atom. The second kappa shape index (κ2) is 8.37. The second-order valence-electron chi connectivity index (χ2n) is 4.56. The number of furan rings is 1. The molecule has 0 aliphatic heterocycles. The third-order valence-electron chi connectivity index (χ3n) is 2.98. The molecule has 0 aliphatic rings. The van der Waals surface area contributed by atoms with Gasteiger partial charge in [0, 0.05) is 5.56 Å². The third kappa shape index (κ3) is 4.60. The van der Waals surface area contributed by atoms with Crippen molar-refractivity contribution >= 4 is 18.0 Å². The van der Waals surface area contributed by atoms with Crippen molar-refractivity contribution in [3.8, 4) is 11.5 Å². The highest BCUT2D eigenvalue weighted by molar-refractivity contribution is 5.94. The summed E-state index contributed by atoms with van der Waals surface area (Å²) in [5, 5.41) is 6.24. The number of hydrogen-bond acceptors (Lipinski definition) is 6. The number of nitrogens with one attached hydrogen (secondary N) is 2. The molecule has 0 radical (unpaired) electrons. The summed E-state index contributed by atoms with van der Waals surface area (Å²) < 4.78 is 15.2. The molecule has 2 N–H and O–H groups in total. The molecule has 0 saturated carbocycles. The van der Waals surface area contributed by atoms with Gasteiger partial charge < -0.3 is 19.2 Å². The van der Waals surface area contributed by atoms with Crippen molar-refractivity contribution in [2.45, 2.75) is 0 Å². The van der Waals surface area contributed by atoms with Crippen molar-refractivity contribution in [2.24, 2.45) is 5.10 Å². The van der Waals surface area contributed by atoms with Gasteiger partial charge in [0.2, 0.25) is 0 Å². The molecule has 0 aliphatic carbocycles. The van der Waals surface area contributed by atoms with Crippen LogP contribution in [0.2, 0.25) is 0 Å². The fourth-order valence-corrected chi connectivity index (χ4v) is 1.81. The van der Waals surface area contributed by atoms with Crippen LogP contribution in [0.5, 0.6) is 11.5 Å². The Balaban J connectivity index is 1.87. The van der Waals surface area contributed by atoms with Gasteiger partial charge in [0.1, 0.15) is 11.5 Å². The molecule has 1 aromatic carbocycles. The van der Waals surface area contributed by atoms with Crippen LogP contribution in [0.4, 0.5) is 0 Å². The van der Waals surface area contributed by atoms with E-state index in [0.717, 1.165) is 0 Å². The summed E-state index contributed by atoms with van der Waals surface area (Å²) in [6.07, 6.45) is 2.80. The molecule has 0 unspecified atom stereocenters. The van der Waals surface area contributed by atoms with E-state index in [9.17, 15) is 9.59 Å². The molecule has 8 heteroatoms. The van der Waals surface area contributed by atoms with Crippen molar-refractivity contribution in [2.75, 3.05) is 20.8 Å². The van der Waals surface area contributed by atoms with Gasteiger partial charge in [0.15, 0.2) is 5.76 Å². The maximum Gasteiger partial charge on any atom is 0.287 e. The highest BCUT2D eigenvalue weighted by atomic mass is 16.5. The molecule has 2 aromatic rings. The van der Waals surface area contributed by atoms with E-state index >= 15 is 0 Å². The molecule has 1 heterocycles. The van der Waals surface area contributed by atoms with E-state index in [2.05, 4.69) is 15.8 Å². The van der Waals surface area contributed by atoms with Crippen molar-refractivity contribution < 1.29 is 23.5 Å². The van der Waals surface area contributed by atoms with Crippen LogP contribution < -0.4 is 20.2 Å². The second-order valence-corrected chi connectivity index (χ2v) is 4.56. The molecule has 0 fully saturated rings. The zero-order chi connectivity index (χ0) is 17.4. The van der Waals surface area contributed by atoms with Crippen LogP contribution in [0.15, 0.2) is 46.1 Å². The Hall–Kier alpha value is -3.29. The van der Waals surface area contributed by atoms with Gasteiger partial charge >= 0.3 is 0 Å². The predicted molar refractivity (Wildman–Crippen MR) is 86.3 cm³/mol. The lowest BCUT2D eigenvalue weighted by atomic mass is 10.2. The van der Waals surface area contributed by atoms with Gasteiger partial charge in [-0.05, 0) is 30.3 Å². The normalized spacial score (nSPS) is 10.4. The average Bonchev–Trinajstić information content (AvgIpc) is 3.14. The molecule has 0 atom stereocenters. The summed E-state index contributed by atoms with van der Waals surface area (Å²) in [5.74, 6) is 0.392. The Morgan fingerprint density at radius 2 is 2.08 bits per heavy atom. The number of carbonyl (C=O) groups excluding carboxylic acids is 2. The van der Waals surface area contributed by atoms with Crippen LogP contribution in [-0.4, -0.2) is 38.8 Å². The lowest BCUT2D eigenvalue weighted by Crippen LogP contribution is -2.34. The van der Waals surface area contributed by atoms with Gasteiger partial charge in [-0.1, -0.05) is 0 Å². The van der Waals surface area contributed by atoms with E-state index in [4.69, 9.17) is 13.9 Å². The van der Waals surface area contributed by atoms with Crippen LogP contribution in [0, 0.1) is 0 Å². The van der Waals surface area contributed by atoms with Crippen molar-refractivity contribution in [1.29, 1.82) is 0 Å². The number of carbonyl (C=O) groups is 2. The minimum atomic E-state index is -0.479. The number of hydrazone groups is 1. The first-order chi connectivity index (χ1) is 11.6. The number of rotatable bonds is 7. The standard InChI is InChI=1S/C16H17N3O5/c1-22-12-5-6-13(23-2)11(8-12)9-18-19-15(20)10-17-16(21)14-4-3-7-24-14/h3-9H,10H2,1-2H3,(H,17,21)(H,19,20)/b18-9-. The van der Waals surface area contributed by atoms with Crippen molar-refractivity contribution in [3.05, 3.63) is 47.9 Å². The molecule has 2 rings (SSSR count). The molecule has 1 aromatic heterocycles. The average molecular weight is 331 g/mol. The quantitative estimate of drug-likeness (QED) is 0.586. The maximum absolute atomic E-state index is 11.7. The van der Waals surface area contributed by atoms with E-state index in [-0.39, 0.29) is 12.3 Å². The minimum absolute atomic E-state index is 0.132. The number of methoxy groups -OCH3 is 2. The molecule has 24 heavy (non-hydrogen) atoms. The van der Waals surface area contributed by atoms with Gasteiger partial charge in [-0.15, -0.1) is 0 Å². The minimum Gasteiger partial charge on any atom is -0.497 e. The number of ether oxygens (including phenoxy) is 2. The van der Waals surface area contributed by atoms with E-state index in [1.165, 1.54) is 25.7 Å². The Bertz CT molecular complexity index is 725. The van der Waals surface area contributed by atoms with Gasteiger partial charge in [-0.3, -0.25) is 9.59 Å². The third-order valence-corrected chi connectivity index (χ3v) is 2.98. The lowest BCUT2D eigenvalue weighted by Gasteiger charge is -2.07. The summed E-state index contributed by atoms with van der Waals surface area (Å²) in [5.41, 5.74) is 2.95. The van der Waals surface area contributed by atoms with Gasteiger partial charge in [-0.2, -0.15) is 5.10 Å². The lowest BCUT2D eigenvalue weighted by molar-refractivity contribution is -0.120. The molecule has 126 valence electrons. The Kier molecular flexibility index (Phi) is 5.95. The smallest absolute Gasteiger partial charge is 0.287 e. The first-order valence-corrected chi connectivity index (χ1v) is 6.99. The summed E-state index contributed by atoms with van der Waals surface area (Å²) in [7, 11) is 3.08. The van der Waals surface area contributed by atoms with Crippen molar-refractivity contribution in [1.82, 2.24) is 10.7 Å². The number of nitrogens with zero attached hydrogens (tertiary/aromatic N) is 1. The summed E-state index contributed by atoms with van der Waals surface area (Å²) in [4.78, 5) is 23.3. The van der Waals surface area contributed by atoms with Crippen LogP contribution in [0.1, 0.15) is 16.1 Å². The fourth-order valence-electron chi connectivity index (χ4n) is 1.81. The number of benzene rings is 1. The van der Waals surface area contributed by atoms with Gasteiger partial charge in [0.25, 0.3) is 11.8 Å². The number of amides is 2. The molecule has 0 bridgehead atoms. The van der Waals surface area contributed by atoms with E-state index in [1.807, 2.05) is 0 Å². The van der Waals surface area contributed by atoms with Crippen molar-refractivity contribution in [3.63, 3.8) is 0 Å². The molecule has 0 saturated heterocycles. The highest BCUT2D eigenvalue weighted by Gasteiger charge is 2.09. The predicted octanol–water partition coefficient (Wildman–Crippen LogP) is 1.18. The maximum atomic E-state index is 11.7. The largest absolute Gasteiger partial charge is 0.497 e. The Labute approximate surface area is 138 Å². The molecule has 2 amide bonds. The van der Waals surface area contributed by atoms with Crippen LogP contribution >= 0.6 is 0 Å². The first-order valence-electron chi connectivity index (χ1n) is 6.99. The fraction of sp³-hybridized carbons (Fsp3) is 0.188. The Morgan fingerprint density at radius 1 is 1.25 bits per heavy atom. The van der Waals surface area contributed by atoms with Crippen LogP contribution in [-0.2, 0) is 4.79 Å². The van der Waals surface area contributed by atoms with E-state index in [1.54, 1.807) is 31.4 Å². The van der Waals surface area contributed by atoms with Gasteiger partial charge in [-0.25, -0.2) is 5.43 Å². The van der Waals surface area contributed by atoms with E-state index < -0.39 is 11.8 Å². The zero-order valence-corrected chi connectivity index (χ0v) is 13.2. The highest BCUT2D eigenvalue weighted by Crippen LogP contribution is 2.22. The zero-order valence-electron chi connectivity index (χ0n) is 13.2. The number of hydrogen-bond donors (Lipinski definition) is 2. The molecular formula is C16H17N3O5.